The first-order valence-electron chi connectivity index (χ1n) is 8.57. The number of benzene rings is 2. The molecule has 2 aromatic heterocycles. The molecule has 0 N–H and O–H groups in total. The molecule has 2 heterocycles. The predicted octanol–water partition coefficient (Wildman–Crippen LogP) is 4.47. The highest BCUT2D eigenvalue weighted by Crippen LogP contribution is 2.37. The summed E-state index contributed by atoms with van der Waals surface area (Å²) in [5.74, 6) is -2.00. The fraction of sp³-hybridized carbons (Fsp3) is 0.0952. The molecule has 8 heteroatoms. The van der Waals surface area contributed by atoms with Crippen LogP contribution in [0.15, 0.2) is 53.9 Å². The standard InChI is InChI=1S/C21H15FN2O4S/c1-27-20(25)16-17(15-11-13(22)10-12-8-9-29-19(12)15)23-24(18(16)21(26)28-2)14-6-4-3-5-7-14/h3-11H,1-2H3. The lowest BCUT2D eigenvalue weighted by Gasteiger charge is -2.07. The molecule has 6 nitrogen and oxygen atoms in total. The summed E-state index contributed by atoms with van der Waals surface area (Å²) in [6, 6.07) is 13.3. The molecule has 0 spiro atoms. The van der Waals surface area contributed by atoms with E-state index in [-0.39, 0.29) is 17.0 Å². The van der Waals surface area contributed by atoms with Crippen LogP contribution in [0.1, 0.15) is 20.8 Å². The number of fused-ring (bicyclic) bond motifs is 1. The second-order valence-electron chi connectivity index (χ2n) is 6.10. The van der Waals surface area contributed by atoms with Crippen LogP contribution in [-0.4, -0.2) is 35.9 Å². The van der Waals surface area contributed by atoms with Crippen molar-refractivity contribution in [1.29, 1.82) is 0 Å². The molecule has 0 saturated heterocycles. The number of halogens is 1. The lowest BCUT2D eigenvalue weighted by Crippen LogP contribution is -2.15. The van der Waals surface area contributed by atoms with Crippen molar-refractivity contribution in [3.05, 3.63) is 71.0 Å². The first-order chi connectivity index (χ1) is 14.0. The van der Waals surface area contributed by atoms with Gasteiger partial charge in [-0.2, -0.15) is 5.10 Å². The van der Waals surface area contributed by atoms with Gasteiger partial charge in [0.1, 0.15) is 17.1 Å². The monoisotopic (exact) mass is 410 g/mol. The summed E-state index contributed by atoms with van der Waals surface area (Å²) in [6.07, 6.45) is 0. The number of rotatable bonds is 4. The molecule has 0 amide bonds. The topological polar surface area (TPSA) is 70.4 Å². The van der Waals surface area contributed by atoms with Crippen LogP contribution in [0.3, 0.4) is 0 Å². The molecule has 4 aromatic rings. The number of esters is 2. The zero-order valence-corrected chi connectivity index (χ0v) is 16.3. The van der Waals surface area contributed by atoms with Crippen LogP contribution in [0.25, 0.3) is 27.0 Å². The van der Waals surface area contributed by atoms with Gasteiger partial charge in [-0.3, -0.25) is 0 Å². The summed E-state index contributed by atoms with van der Waals surface area (Å²) in [5.41, 5.74) is 0.921. The molecule has 146 valence electrons. The minimum Gasteiger partial charge on any atom is -0.465 e. The fourth-order valence-electron chi connectivity index (χ4n) is 3.16. The summed E-state index contributed by atoms with van der Waals surface area (Å²) in [7, 11) is 2.42. The van der Waals surface area contributed by atoms with E-state index in [1.165, 1.54) is 42.4 Å². The lowest BCUT2D eigenvalue weighted by atomic mass is 10.0. The third-order valence-corrected chi connectivity index (χ3v) is 5.39. The van der Waals surface area contributed by atoms with Gasteiger partial charge in [-0.15, -0.1) is 11.3 Å². The molecule has 2 aromatic carbocycles. The third-order valence-electron chi connectivity index (χ3n) is 4.43. The molecule has 29 heavy (non-hydrogen) atoms. The predicted molar refractivity (Wildman–Crippen MR) is 107 cm³/mol. The van der Waals surface area contributed by atoms with Gasteiger partial charge in [0, 0.05) is 10.3 Å². The average Bonchev–Trinajstić information content (AvgIpc) is 3.37. The second-order valence-corrected chi connectivity index (χ2v) is 7.01. The number of thiophene rings is 1. The van der Waals surface area contributed by atoms with Crippen molar-refractivity contribution in [3.63, 3.8) is 0 Å². The van der Waals surface area contributed by atoms with Crippen molar-refractivity contribution in [2.45, 2.75) is 0 Å². The minimum absolute atomic E-state index is 0.0801. The summed E-state index contributed by atoms with van der Waals surface area (Å²) in [4.78, 5) is 25.3. The highest BCUT2D eigenvalue weighted by molar-refractivity contribution is 7.17. The van der Waals surface area contributed by atoms with Crippen LogP contribution in [0.5, 0.6) is 0 Å². The number of hydrogen-bond acceptors (Lipinski definition) is 6. The zero-order chi connectivity index (χ0) is 20.5. The van der Waals surface area contributed by atoms with Crippen LogP contribution in [0.4, 0.5) is 4.39 Å². The maximum atomic E-state index is 14.3. The SMILES string of the molecule is COC(=O)c1c(-c2cc(F)cc3ccsc23)nn(-c2ccccc2)c1C(=O)OC. The van der Waals surface area contributed by atoms with Gasteiger partial charge in [0.15, 0.2) is 5.69 Å². The number of ether oxygens (including phenoxy) is 2. The Balaban J connectivity index is 2.11. The molecule has 0 aliphatic heterocycles. The van der Waals surface area contributed by atoms with Crippen molar-refractivity contribution >= 4 is 33.4 Å². The molecular formula is C21H15FN2O4S. The Morgan fingerprint density at radius 1 is 1.03 bits per heavy atom. The highest BCUT2D eigenvalue weighted by Gasteiger charge is 2.32. The Bertz CT molecular complexity index is 1230. The molecule has 0 radical (unpaired) electrons. The van der Waals surface area contributed by atoms with Gasteiger partial charge in [0.25, 0.3) is 0 Å². The van der Waals surface area contributed by atoms with Crippen molar-refractivity contribution < 1.29 is 23.5 Å². The largest absolute Gasteiger partial charge is 0.465 e. The van der Waals surface area contributed by atoms with E-state index in [1.54, 1.807) is 30.3 Å². The van der Waals surface area contributed by atoms with E-state index in [2.05, 4.69) is 5.10 Å². The average molecular weight is 410 g/mol. The Kier molecular flexibility index (Phi) is 4.85. The van der Waals surface area contributed by atoms with Crippen LogP contribution in [0.2, 0.25) is 0 Å². The van der Waals surface area contributed by atoms with Gasteiger partial charge in [-0.25, -0.2) is 18.7 Å². The van der Waals surface area contributed by atoms with E-state index < -0.39 is 17.8 Å². The number of hydrogen-bond donors (Lipinski definition) is 0. The van der Waals surface area contributed by atoms with Crippen molar-refractivity contribution in [3.8, 4) is 16.9 Å². The number of methoxy groups -OCH3 is 2. The van der Waals surface area contributed by atoms with E-state index in [0.717, 1.165) is 4.70 Å². The normalized spacial score (nSPS) is 10.9. The minimum atomic E-state index is -0.767. The third kappa shape index (κ3) is 3.17. The van der Waals surface area contributed by atoms with Gasteiger partial charge in [0.2, 0.25) is 0 Å². The maximum Gasteiger partial charge on any atom is 0.357 e. The van der Waals surface area contributed by atoms with Gasteiger partial charge in [0.05, 0.1) is 19.9 Å². The summed E-state index contributed by atoms with van der Waals surface area (Å²) >= 11 is 1.39. The van der Waals surface area contributed by atoms with Crippen molar-refractivity contribution in [2.75, 3.05) is 14.2 Å². The summed E-state index contributed by atoms with van der Waals surface area (Å²) in [6.45, 7) is 0. The quantitative estimate of drug-likeness (QED) is 0.465. The first kappa shape index (κ1) is 18.8. The highest BCUT2D eigenvalue weighted by atomic mass is 32.1. The fourth-order valence-corrected chi connectivity index (χ4v) is 4.06. The molecule has 0 unspecified atom stereocenters. The Labute approximate surface area is 169 Å². The van der Waals surface area contributed by atoms with Crippen LogP contribution in [-0.2, 0) is 9.47 Å². The van der Waals surface area contributed by atoms with Crippen LogP contribution in [0, 0.1) is 5.82 Å². The smallest absolute Gasteiger partial charge is 0.357 e. The van der Waals surface area contributed by atoms with Gasteiger partial charge in [-0.05, 0) is 41.1 Å². The van der Waals surface area contributed by atoms with E-state index >= 15 is 0 Å². The molecular weight excluding hydrogens is 395 g/mol. The molecule has 0 aliphatic rings. The van der Waals surface area contributed by atoms with E-state index in [1.807, 2.05) is 11.4 Å². The molecule has 0 saturated carbocycles. The molecule has 0 fully saturated rings. The Morgan fingerprint density at radius 3 is 2.45 bits per heavy atom. The summed E-state index contributed by atoms with van der Waals surface area (Å²) < 4.78 is 26.2. The van der Waals surface area contributed by atoms with Crippen molar-refractivity contribution in [2.24, 2.45) is 0 Å². The lowest BCUT2D eigenvalue weighted by molar-refractivity contribution is 0.0549. The van der Waals surface area contributed by atoms with E-state index in [4.69, 9.17) is 9.47 Å². The zero-order valence-electron chi connectivity index (χ0n) is 15.5. The van der Waals surface area contributed by atoms with Crippen LogP contribution < -0.4 is 0 Å². The number of carbonyl (C=O) groups excluding carboxylic acids is 2. The van der Waals surface area contributed by atoms with Gasteiger partial charge >= 0.3 is 11.9 Å². The number of carbonyl (C=O) groups is 2. The van der Waals surface area contributed by atoms with Crippen molar-refractivity contribution in [1.82, 2.24) is 9.78 Å². The Morgan fingerprint density at radius 2 is 1.76 bits per heavy atom. The first-order valence-corrected chi connectivity index (χ1v) is 9.45. The van der Waals surface area contributed by atoms with E-state index in [0.29, 0.717) is 16.6 Å². The maximum absolute atomic E-state index is 14.3. The molecule has 0 aliphatic carbocycles. The Hall–Kier alpha value is -3.52. The molecule has 0 atom stereocenters. The number of para-hydroxylation sites is 1. The summed E-state index contributed by atoms with van der Waals surface area (Å²) in [5, 5.41) is 7.01. The van der Waals surface area contributed by atoms with Crippen LogP contribution >= 0.6 is 11.3 Å². The van der Waals surface area contributed by atoms with Gasteiger partial charge < -0.3 is 9.47 Å². The van der Waals surface area contributed by atoms with E-state index in [9.17, 15) is 14.0 Å². The second kappa shape index (κ2) is 7.48. The number of nitrogens with zero attached hydrogens (tertiary/aromatic N) is 2. The molecule has 0 bridgehead atoms. The number of aromatic nitrogens is 2. The molecule has 4 rings (SSSR count). The van der Waals surface area contributed by atoms with Gasteiger partial charge in [-0.1, -0.05) is 18.2 Å².